The van der Waals surface area contributed by atoms with Crippen LogP contribution in [-0.2, 0) is 11.2 Å². The molecule has 172 valence electrons. The Bertz CT molecular complexity index is 908. The highest BCUT2D eigenvalue weighted by Crippen LogP contribution is 2.29. The minimum atomic E-state index is -0.491. The first-order valence-electron chi connectivity index (χ1n) is 11.0. The van der Waals surface area contributed by atoms with Crippen LogP contribution < -0.4 is 14.8 Å². The molecule has 0 atom stereocenters. The first-order chi connectivity index (χ1) is 15.5. The maximum Gasteiger partial charge on any atom is 0.273 e. The normalized spacial score (nSPS) is 14.7. The summed E-state index contributed by atoms with van der Waals surface area (Å²) >= 11 is 0. The molecule has 0 bridgehead atoms. The predicted octanol–water partition coefficient (Wildman–Crippen LogP) is 4.29. The predicted molar refractivity (Wildman–Crippen MR) is 123 cm³/mol. The highest BCUT2D eigenvalue weighted by atomic mass is 16.6. The number of aryl methyl sites for hydroxylation is 1. The Balaban J connectivity index is 1.38. The van der Waals surface area contributed by atoms with Crippen molar-refractivity contribution < 1.29 is 19.2 Å². The van der Waals surface area contributed by atoms with E-state index >= 15 is 0 Å². The molecular formula is C24H31N3O5. The summed E-state index contributed by atoms with van der Waals surface area (Å²) < 4.78 is 10.4. The van der Waals surface area contributed by atoms with Gasteiger partial charge in [0.1, 0.15) is 11.5 Å². The Morgan fingerprint density at radius 3 is 2.47 bits per heavy atom. The Labute approximate surface area is 188 Å². The summed E-state index contributed by atoms with van der Waals surface area (Å²) in [5.74, 6) is 1.76. The minimum absolute atomic E-state index is 0.0743. The molecule has 0 aliphatic carbocycles. The van der Waals surface area contributed by atoms with E-state index in [-0.39, 0.29) is 17.3 Å². The van der Waals surface area contributed by atoms with E-state index in [9.17, 15) is 14.9 Å². The van der Waals surface area contributed by atoms with Crippen LogP contribution >= 0.6 is 0 Å². The molecule has 3 rings (SSSR count). The number of nitrogens with zero attached hydrogens (tertiary/aromatic N) is 2. The van der Waals surface area contributed by atoms with Gasteiger partial charge in [0.2, 0.25) is 5.91 Å². The smallest absolute Gasteiger partial charge is 0.273 e. The van der Waals surface area contributed by atoms with E-state index in [0.29, 0.717) is 24.6 Å². The maximum absolute atomic E-state index is 12.4. The number of benzene rings is 2. The van der Waals surface area contributed by atoms with Crippen LogP contribution in [0, 0.1) is 16.0 Å². The first kappa shape index (κ1) is 23.5. The topological polar surface area (TPSA) is 93.9 Å². The van der Waals surface area contributed by atoms with Crippen molar-refractivity contribution in [1.29, 1.82) is 0 Å². The molecule has 1 aliphatic rings. The third-order valence-corrected chi connectivity index (χ3v) is 6.03. The summed E-state index contributed by atoms with van der Waals surface area (Å²) in [6.45, 7) is 2.70. The van der Waals surface area contributed by atoms with Crippen LogP contribution in [0.4, 0.5) is 11.4 Å². The Morgan fingerprint density at radius 1 is 1.12 bits per heavy atom. The number of nitro benzene ring substituents is 1. The van der Waals surface area contributed by atoms with Crippen molar-refractivity contribution in [3.05, 3.63) is 58.1 Å². The van der Waals surface area contributed by atoms with Crippen LogP contribution in [0.2, 0.25) is 0 Å². The van der Waals surface area contributed by atoms with Gasteiger partial charge < -0.3 is 19.7 Å². The molecule has 8 nitrogen and oxygen atoms in total. The lowest BCUT2D eigenvalue weighted by Gasteiger charge is -2.31. The molecule has 0 radical (unpaired) electrons. The monoisotopic (exact) mass is 441 g/mol. The summed E-state index contributed by atoms with van der Waals surface area (Å²) in [5.41, 5.74) is 1.71. The number of nitro groups is 1. The van der Waals surface area contributed by atoms with Gasteiger partial charge in [-0.1, -0.05) is 12.1 Å². The van der Waals surface area contributed by atoms with Crippen molar-refractivity contribution in [1.82, 2.24) is 4.90 Å². The fourth-order valence-electron chi connectivity index (χ4n) is 4.03. The number of piperidine rings is 1. The molecule has 1 amide bonds. The van der Waals surface area contributed by atoms with Crippen molar-refractivity contribution in [3.63, 3.8) is 0 Å². The zero-order valence-electron chi connectivity index (χ0n) is 18.7. The van der Waals surface area contributed by atoms with Gasteiger partial charge in [-0.3, -0.25) is 14.9 Å². The number of carbonyl (C=O) groups is 1. The lowest BCUT2D eigenvalue weighted by atomic mass is 9.90. The van der Waals surface area contributed by atoms with Crippen molar-refractivity contribution in [2.24, 2.45) is 5.92 Å². The van der Waals surface area contributed by atoms with Crippen molar-refractivity contribution in [2.45, 2.75) is 32.1 Å². The number of hydrogen-bond acceptors (Lipinski definition) is 6. The Kier molecular flexibility index (Phi) is 8.44. The summed E-state index contributed by atoms with van der Waals surface area (Å²) in [4.78, 5) is 25.1. The van der Waals surface area contributed by atoms with E-state index in [1.54, 1.807) is 7.11 Å². The number of rotatable bonds is 10. The number of carbonyl (C=O) groups excluding carboxylic acids is 1. The molecule has 1 aliphatic heterocycles. The largest absolute Gasteiger partial charge is 0.497 e. The van der Waals surface area contributed by atoms with Crippen LogP contribution in [0.1, 0.15) is 31.2 Å². The SMILES string of the molecule is COc1ccc(CCC2CCN(CCC(=O)Nc3ccc([N+](=O)[O-])cc3OC)CC2)cc1. The average Bonchev–Trinajstić information content (AvgIpc) is 2.82. The Hall–Kier alpha value is -3.13. The van der Waals surface area contributed by atoms with E-state index in [1.165, 1.54) is 37.3 Å². The van der Waals surface area contributed by atoms with Crippen LogP contribution in [-0.4, -0.2) is 49.6 Å². The number of nitrogens with one attached hydrogen (secondary N) is 1. The molecule has 0 aromatic heterocycles. The fraction of sp³-hybridized carbons (Fsp3) is 0.458. The van der Waals surface area contributed by atoms with E-state index in [4.69, 9.17) is 9.47 Å². The molecule has 0 saturated carbocycles. The summed E-state index contributed by atoms with van der Waals surface area (Å²) in [6, 6.07) is 12.5. The molecule has 32 heavy (non-hydrogen) atoms. The molecule has 2 aromatic rings. The van der Waals surface area contributed by atoms with Gasteiger partial charge in [-0.05, 0) is 68.5 Å². The van der Waals surface area contributed by atoms with Crippen LogP contribution in [0.5, 0.6) is 11.5 Å². The van der Waals surface area contributed by atoms with Crippen LogP contribution in [0.25, 0.3) is 0 Å². The zero-order valence-corrected chi connectivity index (χ0v) is 18.7. The first-order valence-corrected chi connectivity index (χ1v) is 11.0. The van der Waals surface area contributed by atoms with Gasteiger partial charge in [0.05, 0.1) is 30.9 Å². The average molecular weight is 442 g/mol. The van der Waals surface area contributed by atoms with Crippen LogP contribution in [0.15, 0.2) is 42.5 Å². The standard InChI is InChI=1S/C24H31N3O5/c1-31-21-8-5-18(6-9-21)3-4-19-11-14-26(15-12-19)16-13-24(28)25-22-10-7-20(27(29)30)17-23(22)32-2/h5-10,17,19H,3-4,11-16H2,1-2H3,(H,25,28). The third-order valence-electron chi connectivity index (χ3n) is 6.03. The van der Waals surface area contributed by atoms with Crippen molar-refractivity contribution in [3.8, 4) is 11.5 Å². The fourth-order valence-corrected chi connectivity index (χ4v) is 4.03. The van der Waals surface area contributed by atoms with Gasteiger partial charge >= 0.3 is 0 Å². The molecule has 1 fully saturated rings. The van der Waals surface area contributed by atoms with E-state index in [1.807, 2.05) is 12.1 Å². The lowest BCUT2D eigenvalue weighted by molar-refractivity contribution is -0.384. The minimum Gasteiger partial charge on any atom is -0.497 e. The van der Waals surface area contributed by atoms with Gasteiger partial charge in [0.15, 0.2) is 0 Å². The van der Waals surface area contributed by atoms with Gasteiger partial charge in [-0.15, -0.1) is 0 Å². The summed E-state index contributed by atoms with van der Waals surface area (Å²) in [5, 5.41) is 13.7. The van der Waals surface area contributed by atoms with E-state index in [2.05, 4.69) is 22.3 Å². The molecule has 1 heterocycles. The molecule has 0 unspecified atom stereocenters. The second-order valence-electron chi connectivity index (χ2n) is 8.11. The maximum atomic E-state index is 12.4. The second-order valence-corrected chi connectivity index (χ2v) is 8.11. The lowest BCUT2D eigenvalue weighted by Crippen LogP contribution is -2.35. The quantitative estimate of drug-likeness (QED) is 0.437. The molecule has 1 N–H and O–H groups in total. The van der Waals surface area contributed by atoms with E-state index in [0.717, 1.165) is 38.1 Å². The number of likely N-dealkylation sites (tertiary alicyclic amines) is 1. The molecule has 0 spiro atoms. The number of non-ortho nitro benzene ring substituents is 1. The zero-order chi connectivity index (χ0) is 22.9. The van der Waals surface area contributed by atoms with Crippen LogP contribution in [0.3, 0.4) is 0 Å². The highest BCUT2D eigenvalue weighted by Gasteiger charge is 2.20. The van der Waals surface area contributed by atoms with Gasteiger partial charge in [0, 0.05) is 19.0 Å². The second kappa shape index (κ2) is 11.5. The van der Waals surface area contributed by atoms with Gasteiger partial charge in [0.25, 0.3) is 5.69 Å². The van der Waals surface area contributed by atoms with Crippen molar-refractivity contribution in [2.75, 3.05) is 39.2 Å². The number of methoxy groups -OCH3 is 2. The molecule has 2 aromatic carbocycles. The summed E-state index contributed by atoms with van der Waals surface area (Å²) in [6.07, 6.45) is 4.92. The molecular weight excluding hydrogens is 410 g/mol. The number of hydrogen-bond donors (Lipinski definition) is 1. The molecule has 1 saturated heterocycles. The van der Waals surface area contributed by atoms with Gasteiger partial charge in [-0.25, -0.2) is 0 Å². The number of anilines is 1. The summed E-state index contributed by atoms with van der Waals surface area (Å²) in [7, 11) is 3.10. The van der Waals surface area contributed by atoms with Crippen molar-refractivity contribution >= 4 is 17.3 Å². The number of ether oxygens (including phenoxy) is 2. The highest BCUT2D eigenvalue weighted by molar-refractivity contribution is 5.92. The van der Waals surface area contributed by atoms with E-state index < -0.39 is 4.92 Å². The third kappa shape index (κ3) is 6.68. The Morgan fingerprint density at radius 2 is 1.84 bits per heavy atom. The van der Waals surface area contributed by atoms with Gasteiger partial charge in [-0.2, -0.15) is 0 Å². The number of amides is 1. The molecule has 8 heteroatoms.